The Hall–Kier alpha value is -0.770. The third-order valence-electron chi connectivity index (χ3n) is 0.955. The van der Waals surface area contributed by atoms with Crippen LogP contribution in [0.3, 0.4) is 0 Å². The first-order valence-electron chi connectivity index (χ1n) is 1.92. The highest BCUT2D eigenvalue weighted by Crippen LogP contribution is 2.34. The summed E-state index contributed by atoms with van der Waals surface area (Å²) in [6, 6.07) is 2.09. The maximum Gasteiger partial charge on any atom is 0.0708 e. The van der Waals surface area contributed by atoms with E-state index in [0.29, 0.717) is 0 Å². The second-order valence-electron chi connectivity index (χ2n) is 1.54. The molecule has 1 rings (SSSR count). The van der Waals surface area contributed by atoms with Crippen molar-refractivity contribution in [1.82, 2.24) is 0 Å². The fraction of sp³-hybridized carbons (Fsp3) is 0.400. The second kappa shape index (κ2) is 0.844. The molecule has 0 aromatic heterocycles. The van der Waals surface area contributed by atoms with Crippen LogP contribution in [0.25, 0.3) is 0 Å². The van der Waals surface area contributed by atoms with Crippen LogP contribution >= 0.6 is 0 Å². The molecule has 0 N–H and O–H groups in total. The smallest absolute Gasteiger partial charge is 0.0708 e. The Morgan fingerprint density at radius 1 is 2.00 bits per heavy atom. The molecule has 0 aromatic carbocycles. The average molecular weight is 79.1 g/mol. The van der Waals surface area contributed by atoms with Crippen LogP contribution < -0.4 is 0 Å². The topological polar surface area (TPSA) is 23.8 Å². The molecule has 0 bridgehead atoms. The normalized spacial score (nSPS) is 29.2. The van der Waals surface area contributed by atoms with Gasteiger partial charge >= 0.3 is 0 Å². The SMILES string of the molecule is C=C1CC1C#N. The van der Waals surface area contributed by atoms with Crippen LogP contribution in [-0.2, 0) is 0 Å². The predicted octanol–water partition coefficient (Wildman–Crippen LogP) is 1.09. The van der Waals surface area contributed by atoms with Crippen LogP contribution in [0.5, 0.6) is 0 Å². The van der Waals surface area contributed by atoms with Crippen molar-refractivity contribution in [2.24, 2.45) is 5.92 Å². The van der Waals surface area contributed by atoms with Crippen LogP contribution in [0.2, 0.25) is 0 Å². The van der Waals surface area contributed by atoms with E-state index < -0.39 is 0 Å². The van der Waals surface area contributed by atoms with Crippen LogP contribution in [-0.4, -0.2) is 0 Å². The first-order chi connectivity index (χ1) is 2.84. The molecule has 0 saturated heterocycles. The number of allylic oxidation sites excluding steroid dienone is 1. The summed E-state index contributed by atoms with van der Waals surface area (Å²) in [4.78, 5) is 0. The van der Waals surface area contributed by atoms with Gasteiger partial charge in [-0.2, -0.15) is 5.26 Å². The minimum absolute atomic E-state index is 0.213. The van der Waals surface area contributed by atoms with Crippen molar-refractivity contribution in [3.8, 4) is 6.07 Å². The lowest BCUT2D eigenvalue weighted by Crippen LogP contribution is -1.55. The first-order valence-corrected chi connectivity index (χ1v) is 1.92. The molecule has 0 amide bonds. The minimum Gasteiger partial charge on any atom is -0.198 e. The Bertz CT molecular complexity index is 118. The third kappa shape index (κ3) is 0.307. The minimum atomic E-state index is 0.213. The zero-order chi connectivity index (χ0) is 4.57. The molecular formula is C5H5N. The van der Waals surface area contributed by atoms with E-state index in [1.807, 2.05) is 0 Å². The summed E-state index contributed by atoms with van der Waals surface area (Å²) in [5, 5.41) is 8.07. The summed E-state index contributed by atoms with van der Waals surface area (Å²) >= 11 is 0. The van der Waals surface area contributed by atoms with Gasteiger partial charge in [-0.05, 0) is 6.42 Å². The molecule has 1 heteroatoms. The number of hydrogen-bond acceptors (Lipinski definition) is 1. The van der Waals surface area contributed by atoms with Crippen molar-refractivity contribution in [1.29, 1.82) is 5.26 Å². The van der Waals surface area contributed by atoms with Gasteiger partial charge < -0.3 is 0 Å². The zero-order valence-corrected chi connectivity index (χ0v) is 3.44. The van der Waals surface area contributed by atoms with E-state index in [-0.39, 0.29) is 5.92 Å². The van der Waals surface area contributed by atoms with Crippen molar-refractivity contribution >= 4 is 0 Å². The summed E-state index contributed by atoms with van der Waals surface area (Å²) in [7, 11) is 0. The van der Waals surface area contributed by atoms with Crippen molar-refractivity contribution in [3.63, 3.8) is 0 Å². The Morgan fingerprint density at radius 2 is 2.50 bits per heavy atom. The van der Waals surface area contributed by atoms with Gasteiger partial charge in [-0.25, -0.2) is 0 Å². The molecule has 1 nitrogen and oxygen atoms in total. The standard InChI is InChI=1S/C5H5N/c1-4-2-5(4)3-6/h5H,1-2H2. The molecule has 0 heterocycles. The largest absolute Gasteiger partial charge is 0.198 e. The summed E-state index contributed by atoms with van der Waals surface area (Å²) < 4.78 is 0. The van der Waals surface area contributed by atoms with Gasteiger partial charge in [0.1, 0.15) is 0 Å². The molecule has 1 saturated carbocycles. The molecule has 6 heavy (non-hydrogen) atoms. The highest BCUT2D eigenvalue weighted by Gasteiger charge is 2.26. The van der Waals surface area contributed by atoms with Gasteiger partial charge in [-0.3, -0.25) is 0 Å². The van der Waals surface area contributed by atoms with Gasteiger partial charge in [-0.15, -0.1) is 0 Å². The molecule has 0 aliphatic heterocycles. The monoisotopic (exact) mass is 79.0 g/mol. The van der Waals surface area contributed by atoms with Crippen LogP contribution in [0.4, 0.5) is 0 Å². The summed E-state index contributed by atoms with van der Waals surface area (Å²) in [6.07, 6.45) is 0.941. The molecule has 30 valence electrons. The van der Waals surface area contributed by atoms with E-state index in [9.17, 15) is 0 Å². The second-order valence-corrected chi connectivity index (χ2v) is 1.54. The number of rotatable bonds is 0. The molecule has 1 unspecified atom stereocenters. The lowest BCUT2D eigenvalue weighted by atomic mass is 10.5. The van der Waals surface area contributed by atoms with Crippen LogP contribution in [0.1, 0.15) is 6.42 Å². The van der Waals surface area contributed by atoms with Crippen molar-refractivity contribution in [2.45, 2.75) is 6.42 Å². The Morgan fingerprint density at radius 3 is 2.50 bits per heavy atom. The number of hydrogen-bond donors (Lipinski definition) is 0. The molecule has 1 fully saturated rings. The van der Waals surface area contributed by atoms with Gasteiger partial charge in [-0.1, -0.05) is 12.2 Å². The fourth-order valence-corrected chi connectivity index (χ4v) is 0.340. The zero-order valence-electron chi connectivity index (χ0n) is 3.44. The summed E-state index contributed by atoms with van der Waals surface area (Å²) in [5.41, 5.74) is 1.09. The molecule has 1 aliphatic rings. The van der Waals surface area contributed by atoms with Crippen LogP contribution in [0, 0.1) is 17.2 Å². The molecule has 1 aliphatic carbocycles. The highest BCUT2D eigenvalue weighted by atomic mass is 14.4. The molecular weight excluding hydrogens is 74.1 g/mol. The third-order valence-corrected chi connectivity index (χ3v) is 0.955. The Balaban J connectivity index is 2.51. The molecule has 1 atom stereocenters. The van der Waals surface area contributed by atoms with E-state index in [2.05, 4.69) is 12.6 Å². The molecule has 0 aromatic rings. The summed E-state index contributed by atoms with van der Waals surface area (Å²) in [5.74, 6) is 0.213. The number of nitrogens with zero attached hydrogens (tertiary/aromatic N) is 1. The molecule has 0 radical (unpaired) electrons. The van der Waals surface area contributed by atoms with Crippen LogP contribution in [0.15, 0.2) is 12.2 Å². The maximum absolute atomic E-state index is 8.07. The van der Waals surface area contributed by atoms with Gasteiger partial charge in [0.05, 0.1) is 12.0 Å². The number of nitriles is 1. The average Bonchev–Trinajstić information content (AvgIpc) is 2.19. The highest BCUT2D eigenvalue weighted by molar-refractivity contribution is 5.26. The van der Waals surface area contributed by atoms with Gasteiger partial charge in [0.25, 0.3) is 0 Å². The van der Waals surface area contributed by atoms with E-state index in [4.69, 9.17) is 5.26 Å². The predicted molar refractivity (Wildman–Crippen MR) is 22.9 cm³/mol. The van der Waals surface area contributed by atoms with Gasteiger partial charge in [0.15, 0.2) is 0 Å². The van der Waals surface area contributed by atoms with Crippen molar-refractivity contribution in [3.05, 3.63) is 12.2 Å². The van der Waals surface area contributed by atoms with E-state index in [0.717, 1.165) is 12.0 Å². The van der Waals surface area contributed by atoms with Crippen molar-refractivity contribution in [2.75, 3.05) is 0 Å². The van der Waals surface area contributed by atoms with E-state index >= 15 is 0 Å². The Labute approximate surface area is 36.9 Å². The summed E-state index contributed by atoms with van der Waals surface area (Å²) in [6.45, 7) is 3.60. The van der Waals surface area contributed by atoms with Gasteiger partial charge in [0, 0.05) is 0 Å². The lowest BCUT2D eigenvalue weighted by molar-refractivity contribution is 1.17. The van der Waals surface area contributed by atoms with Crippen molar-refractivity contribution < 1.29 is 0 Å². The van der Waals surface area contributed by atoms with Gasteiger partial charge in [0.2, 0.25) is 0 Å². The van der Waals surface area contributed by atoms with E-state index in [1.165, 1.54) is 0 Å². The first kappa shape index (κ1) is 3.42. The van der Waals surface area contributed by atoms with E-state index in [1.54, 1.807) is 0 Å². The Kier molecular flexibility index (Phi) is 0.481. The maximum atomic E-state index is 8.07. The lowest BCUT2D eigenvalue weighted by Gasteiger charge is -1.55. The quantitative estimate of drug-likeness (QED) is 0.399. The molecule has 0 spiro atoms. The fourth-order valence-electron chi connectivity index (χ4n) is 0.340.